The minimum Gasteiger partial charge on any atom is -0.436 e. The van der Waals surface area contributed by atoms with Crippen molar-refractivity contribution >= 4 is 33.2 Å². The van der Waals surface area contributed by atoms with Crippen LogP contribution >= 0.6 is 27.5 Å². The van der Waals surface area contributed by atoms with Crippen LogP contribution in [0.3, 0.4) is 0 Å². The molecule has 1 heterocycles. The first-order valence-electron chi connectivity index (χ1n) is 5.02. The van der Waals surface area contributed by atoms with E-state index < -0.39 is 5.82 Å². The largest absolute Gasteiger partial charge is 0.436 e. The maximum absolute atomic E-state index is 13.3. The van der Waals surface area contributed by atoms with Crippen molar-refractivity contribution in [3.63, 3.8) is 0 Å². The number of pyridine rings is 1. The Balaban J connectivity index is 2.37. The zero-order chi connectivity index (χ0) is 13.3. The van der Waals surface area contributed by atoms with Crippen LogP contribution < -0.4 is 10.5 Å². The molecule has 0 atom stereocenters. The molecule has 0 saturated carbocycles. The maximum atomic E-state index is 13.3. The van der Waals surface area contributed by atoms with Crippen LogP contribution in [-0.2, 0) is 0 Å². The van der Waals surface area contributed by atoms with E-state index in [4.69, 9.17) is 22.1 Å². The summed E-state index contributed by atoms with van der Waals surface area (Å²) in [6, 6.07) is 4.31. The molecule has 2 rings (SSSR count). The highest BCUT2D eigenvalue weighted by molar-refractivity contribution is 9.10. The van der Waals surface area contributed by atoms with E-state index in [2.05, 4.69) is 20.9 Å². The number of hydrogen-bond acceptors (Lipinski definition) is 3. The standard InChI is InChI=1S/C12H9BrClFN2O/c1-6-2-10(16)12(17-5-6)18-11-4-9(15)8(14)3-7(11)13/h2-5H,16H2,1H3. The molecule has 0 saturated heterocycles. The predicted octanol–water partition coefficient (Wildman–Crippen LogP) is 4.32. The van der Waals surface area contributed by atoms with Gasteiger partial charge >= 0.3 is 0 Å². The zero-order valence-corrected chi connectivity index (χ0v) is 11.7. The van der Waals surface area contributed by atoms with Crippen LogP contribution in [0.15, 0.2) is 28.9 Å². The Morgan fingerprint density at radius 1 is 1.39 bits per heavy atom. The average molecular weight is 332 g/mol. The third kappa shape index (κ3) is 2.73. The summed E-state index contributed by atoms with van der Waals surface area (Å²) in [6.45, 7) is 1.87. The second-order valence-electron chi connectivity index (χ2n) is 3.71. The summed E-state index contributed by atoms with van der Waals surface area (Å²) in [5.74, 6) is -0.0801. The van der Waals surface area contributed by atoms with Crippen molar-refractivity contribution in [3.05, 3.63) is 45.3 Å². The molecule has 2 N–H and O–H groups in total. The fourth-order valence-corrected chi connectivity index (χ4v) is 2.07. The Bertz CT molecular complexity index is 607. The number of benzene rings is 1. The highest BCUT2D eigenvalue weighted by Crippen LogP contribution is 2.34. The van der Waals surface area contributed by atoms with Crippen molar-refractivity contribution < 1.29 is 9.13 Å². The van der Waals surface area contributed by atoms with Crippen LogP contribution in [-0.4, -0.2) is 4.98 Å². The van der Waals surface area contributed by atoms with Gasteiger partial charge in [-0.1, -0.05) is 11.6 Å². The highest BCUT2D eigenvalue weighted by atomic mass is 79.9. The van der Waals surface area contributed by atoms with Gasteiger partial charge < -0.3 is 10.5 Å². The van der Waals surface area contributed by atoms with Gasteiger partial charge in [0, 0.05) is 12.3 Å². The molecular weight excluding hydrogens is 323 g/mol. The van der Waals surface area contributed by atoms with Gasteiger partial charge in [0.2, 0.25) is 5.88 Å². The smallest absolute Gasteiger partial charge is 0.242 e. The molecule has 94 valence electrons. The van der Waals surface area contributed by atoms with E-state index in [0.717, 1.165) is 5.56 Å². The van der Waals surface area contributed by atoms with Crippen molar-refractivity contribution in [2.45, 2.75) is 6.92 Å². The Labute approximate surface area is 117 Å². The van der Waals surface area contributed by atoms with E-state index in [1.54, 1.807) is 12.3 Å². The molecule has 0 amide bonds. The quantitative estimate of drug-likeness (QED) is 0.834. The molecule has 0 aliphatic heterocycles. The summed E-state index contributed by atoms with van der Waals surface area (Å²) in [7, 11) is 0. The Morgan fingerprint density at radius 2 is 2.11 bits per heavy atom. The van der Waals surface area contributed by atoms with E-state index in [1.807, 2.05) is 6.92 Å². The average Bonchev–Trinajstić information content (AvgIpc) is 2.29. The summed E-state index contributed by atoms with van der Waals surface area (Å²) >= 11 is 8.87. The summed E-state index contributed by atoms with van der Waals surface area (Å²) in [4.78, 5) is 4.04. The number of anilines is 1. The van der Waals surface area contributed by atoms with Crippen molar-refractivity contribution in [3.8, 4) is 11.6 Å². The van der Waals surface area contributed by atoms with Crippen LogP contribution in [0, 0.1) is 12.7 Å². The van der Waals surface area contributed by atoms with Gasteiger partial charge in [0.1, 0.15) is 11.6 Å². The second-order valence-corrected chi connectivity index (χ2v) is 4.97. The molecule has 18 heavy (non-hydrogen) atoms. The lowest BCUT2D eigenvalue weighted by molar-refractivity contribution is 0.457. The lowest BCUT2D eigenvalue weighted by atomic mass is 10.3. The Hall–Kier alpha value is -1.33. The molecular formula is C12H9BrClFN2O. The first-order valence-corrected chi connectivity index (χ1v) is 6.19. The summed E-state index contributed by atoms with van der Waals surface area (Å²) in [5.41, 5.74) is 7.07. The van der Waals surface area contributed by atoms with Gasteiger partial charge in [-0.15, -0.1) is 0 Å². The van der Waals surface area contributed by atoms with Crippen LogP contribution in [0.1, 0.15) is 5.56 Å². The first kappa shape index (κ1) is 13.1. The minimum atomic E-state index is -0.569. The Kier molecular flexibility index (Phi) is 3.73. The third-order valence-electron chi connectivity index (χ3n) is 2.20. The SMILES string of the molecule is Cc1cnc(Oc2cc(F)c(Cl)cc2Br)c(N)c1. The molecule has 0 bridgehead atoms. The summed E-state index contributed by atoms with van der Waals surface area (Å²) in [6.07, 6.45) is 1.62. The van der Waals surface area contributed by atoms with Crippen molar-refractivity contribution in [2.24, 2.45) is 0 Å². The predicted molar refractivity (Wildman–Crippen MR) is 72.6 cm³/mol. The molecule has 1 aromatic carbocycles. The number of aromatic nitrogens is 1. The molecule has 6 heteroatoms. The number of rotatable bonds is 2. The van der Waals surface area contributed by atoms with Crippen LogP contribution in [0.2, 0.25) is 5.02 Å². The molecule has 0 aliphatic carbocycles. The van der Waals surface area contributed by atoms with E-state index in [-0.39, 0.29) is 16.7 Å². The van der Waals surface area contributed by atoms with Crippen LogP contribution in [0.25, 0.3) is 0 Å². The minimum absolute atomic E-state index is 0.0130. The highest BCUT2D eigenvalue weighted by Gasteiger charge is 2.11. The molecule has 0 unspecified atom stereocenters. The van der Waals surface area contributed by atoms with Gasteiger partial charge in [-0.25, -0.2) is 9.37 Å². The van der Waals surface area contributed by atoms with E-state index in [9.17, 15) is 4.39 Å². The third-order valence-corrected chi connectivity index (χ3v) is 3.11. The number of hydrogen-bond donors (Lipinski definition) is 1. The fraction of sp³-hybridized carbons (Fsp3) is 0.0833. The molecule has 0 fully saturated rings. The van der Waals surface area contributed by atoms with Crippen molar-refractivity contribution in [2.75, 3.05) is 5.73 Å². The topological polar surface area (TPSA) is 48.1 Å². The fourth-order valence-electron chi connectivity index (χ4n) is 1.35. The van der Waals surface area contributed by atoms with Gasteiger partial charge in [-0.2, -0.15) is 0 Å². The second kappa shape index (κ2) is 5.12. The van der Waals surface area contributed by atoms with Crippen LogP contribution in [0.4, 0.5) is 10.1 Å². The number of halogens is 3. The van der Waals surface area contributed by atoms with E-state index in [0.29, 0.717) is 10.2 Å². The summed E-state index contributed by atoms with van der Waals surface area (Å²) < 4.78 is 19.3. The van der Waals surface area contributed by atoms with Gasteiger partial charge in [0.25, 0.3) is 0 Å². The van der Waals surface area contributed by atoms with E-state index >= 15 is 0 Å². The molecule has 0 spiro atoms. The number of nitrogen functional groups attached to an aromatic ring is 1. The normalized spacial score (nSPS) is 10.4. The molecule has 3 nitrogen and oxygen atoms in total. The first-order chi connectivity index (χ1) is 8.47. The zero-order valence-electron chi connectivity index (χ0n) is 9.38. The Morgan fingerprint density at radius 3 is 2.78 bits per heavy atom. The summed E-state index contributed by atoms with van der Waals surface area (Å²) in [5, 5.41) is 0.0130. The van der Waals surface area contributed by atoms with Crippen LogP contribution in [0.5, 0.6) is 11.6 Å². The van der Waals surface area contributed by atoms with Gasteiger partial charge in [0.15, 0.2) is 0 Å². The molecule has 0 aliphatic rings. The monoisotopic (exact) mass is 330 g/mol. The molecule has 1 aromatic heterocycles. The molecule has 0 radical (unpaired) electrons. The van der Waals surface area contributed by atoms with Crippen molar-refractivity contribution in [1.29, 1.82) is 0 Å². The number of nitrogens with zero attached hydrogens (tertiary/aromatic N) is 1. The van der Waals surface area contributed by atoms with Gasteiger partial charge in [-0.05, 0) is 40.5 Å². The maximum Gasteiger partial charge on any atom is 0.242 e. The number of nitrogens with two attached hydrogens (primary N) is 1. The lowest BCUT2D eigenvalue weighted by Crippen LogP contribution is -1.96. The number of ether oxygens (including phenoxy) is 1. The van der Waals surface area contributed by atoms with Gasteiger partial charge in [-0.3, -0.25) is 0 Å². The molecule has 2 aromatic rings. The van der Waals surface area contributed by atoms with Crippen molar-refractivity contribution in [1.82, 2.24) is 4.98 Å². The lowest BCUT2D eigenvalue weighted by Gasteiger charge is -2.10. The number of aryl methyl sites for hydroxylation is 1. The van der Waals surface area contributed by atoms with Gasteiger partial charge in [0.05, 0.1) is 15.2 Å². The van der Waals surface area contributed by atoms with E-state index in [1.165, 1.54) is 12.1 Å².